The third kappa shape index (κ3) is 3.64. The molecule has 2 aromatic rings. The van der Waals surface area contributed by atoms with Crippen molar-refractivity contribution in [1.82, 2.24) is 5.32 Å². The van der Waals surface area contributed by atoms with Gasteiger partial charge < -0.3 is 10.6 Å². The van der Waals surface area contributed by atoms with Crippen molar-refractivity contribution < 1.29 is 14.0 Å². The first kappa shape index (κ1) is 16.6. The number of nitrogens with one attached hydrogen (secondary N) is 2. The fourth-order valence-electron chi connectivity index (χ4n) is 3.27. The third-order valence-electron chi connectivity index (χ3n) is 4.57. The average Bonchev–Trinajstić information content (AvgIpc) is 3.24. The highest BCUT2D eigenvalue weighted by atomic mass is 32.1. The van der Waals surface area contributed by atoms with E-state index in [-0.39, 0.29) is 11.1 Å². The highest BCUT2D eigenvalue weighted by Crippen LogP contribution is 2.41. The molecule has 1 heterocycles. The third-order valence-corrected chi connectivity index (χ3v) is 5.25. The minimum Gasteiger partial charge on any atom is -0.347 e. The molecule has 126 valence electrons. The van der Waals surface area contributed by atoms with E-state index in [0.29, 0.717) is 6.54 Å². The van der Waals surface area contributed by atoms with Crippen LogP contribution in [0, 0.1) is 5.82 Å². The second kappa shape index (κ2) is 7.13. The molecular weight excluding hydrogens is 327 g/mol. The summed E-state index contributed by atoms with van der Waals surface area (Å²) in [7, 11) is 0. The molecule has 0 atom stereocenters. The molecule has 0 spiro atoms. The zero-order valence-electron chi connectivity index (χ0n) is 13.2. The molecule has 6 heteroatoms. The number of carbonyl (C=O) groups excluding carboxylic acids is 2. The van der Waals surface area contributed by atoms with E-state index in [2.05, 4.69) is 22.1 Å². The van der Waals surface area contributed by atoms with Crippen molar-refractivity contribution in [1.29, 1.82) is 0 Å². The summed E-state index contributed by atoms with van der Waals surface area (Å²) in [4.78, 5) is 24.1. The van der Waals surface area contributed by atoms with E-state index in [9.17, 15) is 14.0 Å². The van der Waals surface area contributed by atoms with Gasteiger partial charge in [0, 0.05) is 17.6 Å². The van der Waals surface area contributed by atoms with Gasteiger partial charge in [-0.15, -0.1) is 0 Å². The summed E-state index contributed by atoms with van der Waals surface area (Å²) in [5, 5.41) is 9.32. The van der Waals surface area contributed by atoms with Crippen molar-refractivity contribution in [2.45, 2.75) is 31.1 Å². The van der Waals surface area contributed by atoms with Crippen LogP contribution >= 0.6 is 11.3 Å². The molecule has 0 aliphatic heterocycles. The number of hydrogen-bond acceptors (Lipinski definition) is 3. The predicted octanol–water partition coefficient (Wildman–Crippen LogP) is 3.45. The Hall–Kier alpha value is -2.21. The highest BCUT2D eigenvalue weighted by molar-refractivity contribution is 7.08. The molecule has 0 unspecified atom stereocenters. The van der Waals surface area contributed by atoms with Crippen molar-refractivity contribution in [3.05, 3.63) is 52.5 Å². The molecule has 2 N–H and O–H groups in total. The Kier molecular flexibility index (Phi) is 4.94. The Balaban J connectivity index is 1.61. The Morgan fingerprint density at radius 2 is 1.96 bits per heavy atom. The van der Waals surface area contributed by atoms with Crippen LogP contribution in [0.3, 0.4) is 0 Å². The van der Waals surface area contributed by atoms with Crippen molar-refractivity contribution in [3.63, 3.8) is 0 Å². The van der Waals surface area contributed by atoms with Crippen LogP contribution < -0.4 is 10.6 Å². The van der Waals surface area contributed by atoms with Crippen molar-refractivity contribution >= 4 is 28.8 Å². The molecule has 0 bridgehead atoms. The SMILES string of the molecule is O=C(NCC1(c2ccsc2)CCCC1)C(=O)Nc1cccc(F)c1. The van der Waals surface area contributed by atoms with Gasteiger partial charge in [-0.05, 0) is 53.4 Å². The average molecular weight is 346 g/mol. The van der Waals surface area contributed by atoms with Crippen LogP contribution in [0.15, 0.2) is 41.1 Å². The predicted molar refractivity (Wildman–Crippen MR) is 92.5 cm³/mol. The summed E-state index contributed by atoms with van der Waals surface area (Å²) in [5.74, 6) is -1.93. The smallest absolute Gasteiger partial charge is 0.313 e. The number of benzene rings is 1. The second-order valence-corrected chi connectivity index (χ2v) is 6.93. The van der Waals surface area contributed by atoms with Crippen LogP contribution in [0.25, 0.3) is 0 Å². The van der Waals surface area contributed by atoms with E-state index in [1.165, 1.54) is 29.8 Å². The first-order chi connectivity index (χ1) is 11.6. The van der Waals surface area contributed by atoms with Crippen molar-refractivity contribution in [2.24, 2.45) is 0 Å². The molecule has 24 heavy (non-hydrogen) atoms. The molecule has 2 amide bonds. The van der Waals surface area contributed by atoms with Crippen molar-refractivity contribution in [2.75, 3.05) is 11.9 Å². The first-order valence-electron chi connectivity index (χ1n) is 7.96. The number of carbonyl (C=O) groups is 2. The monoisotopic (exact) mass is 346 g/mol. The number of thiophene rings is 1. The zero-order valence-corrected chi connectivity index (χ0v) is 14.0. The van der Waals surface area contributed by atoms with Crippen LogP contribution in [0.1, 0.15) is 31.2 Å². The molecule has 4 nitrogen and oxygen atoms in total. The maximum Gasteiger partial charge on any atom is 0.313 e. The van der Waals surface area contributed by atoms with E-state index in [0.717, 1.165) is 25.7 Å². The standard InChI is InChI=1S/C18H19FN2O2S/c19-14-4-3-5-15(10-14)21-17(23)16(22)20-12-18(7-1-2-8-18)13-6-9-24-11-13/h3-6,9-11H,1-2,7-8,12H2,(H,20,22)(H,21,23). The normalized spacial score (nSPS) is 15.9. The second-order valence-electron chi connectivity index (χ2n) is 6.15. The van der Waals surface area contributed by atoms with Gasteiger partial charge >= 0.3 is 11.8 Å². The Morgan fingerprint density at radius 1 is 1.17 bits per heavy atom. The fraction of sp³-hybridized carbons (Fsp3) is 0.333. The molecule has 1 aromatic heterocycles. The van der Waals surface area contributed by atoms with Gasteiger partial charge in [-0.1, -0.05) is 18.9 Å². The lowest BCUT2D eigenvalue weighted by Crippen LogP contribution is -2.43. The van der Waals surface area contributed by atoms with E-state index >= 15 is 0 Å². The lowest BCUT2D eigenvalue weighted by Gasteiger charge is -2.28. The molecule has 0 radical (unpaired) electrons. The molecule has 1 aliphatic rings. The summed E-state index contributed by atoms with van der Waals surface area (Å²) < 4.78 is 13.1. The van der Waals surface area contributed by atoms with Gasteiger partial charge in [0.25, 0.3) is 0 Å². The lowest BCUT2D eigenvalue weighted by atomic mass is 9.80. The Bertz CT molecular complexity index is 724. The number of amides is 2. The molecular formula is C18H19FN2O2S. The van der Waals surface area contributed by atoms with Gasteiger partial charge in [-0.3, -0.25) is 9.59 Å². The summed E-state index contributed by atoms with van der Waals surface area (Å²) in [5.41, 5.74) is 1.42. The van der Waals surface area contributed by atoms with Crippen LogP contribution in [-0.2, 0) is 15.0 Å². The number of anilines is 1. The van der Waals surface area contributed by atoms with E-state index in [4.69, 9.17) is 0 Å². The van der Waals surface area contributed by atoms with E-state index in [1.807, 2.05) is 5.38 Å². The van der Waals surface area contributed by atoms with Gasteiger partial charge in [0.1, 0.15) is 5.82 Å². The van der Waals surface area contributed by atoms with Gasteiger partial charge in [0.15, 0.2) is 0 Å². The van der Waals surface area contributed by atoms with Gasteiger partial charge in [-0.25, -0.2) is 4.39 Å². The minimum atomic E-state index is -0.779. The number of halogens is 1. The lowest BCUT2D eigenvalue weighted by molar-refractivity contribution is -0.136. The molecule has 0 saturated heterocycles. The van der Waals surface area contributed by atoms with Crippen molar-refractivity contribution in [3.8, 4) is 0 Å². The fourth-order valence-corrected chi connectivity index (χ4v) is 4.05. The van der Waals surface area contributed by atoms with Gasteiger partial charge in [0.2, 0.25) is 0 Å². The van der Waals surface area contributed by atoms with Crippen LogP contribution in [0.5, 0.6) is 0 Å². The summed E-state index contributed by atoms with van der Waals surface area (Å²) in [6.07, 6.45) is 4.27. The quantitative estimate of drug-likeness (QED) is 0.833. The topological polar surface area (TPSA) is 58.2 Å². The van der Waals surface area contributed by atoms with Gasteiger partial charge in [0.05, 0.1) is 0 Å². The largest absolute Gasteiger partial charge is 0.347 e. The summed E-state index contributed by atoms with van der Waals surface area (Å²) >= 11 is 1.64. The molecule has 1 aromatic carbocycles. The molecule has 1 fully saturated rings. The molecule has 1 aliphatic carbocycles. The molecule has 3 rings (SSSR count). The number of rotatable bonds is 4. The maximum atomic E-state index is 13.1. The minimum absolute atomic E-state index is 0.0746. The Morgan fingerprint density at radius 3 is 2.62 bits per heavy atom. The first-order valence-corrected chi connectivity index (χ1v) is 8.91. The van der Waals surface area contributed by atoms with Crippen LogP contribution in [0.4, 0.5) is 10.1 Å². The highest BCUT2D eigenvalue weighted by Gasteiger charge is 2.36. The van der Waals surface area contributed by atoms with Crippen LogP contribution in [0.2, 0.25) is 0 Å². The van der Waals surface area contributed by atoms with E-state index in [1.54, 1.807) is 11.3 Å². The Labute approximate surface area is 144 Å². The van der Waals surface area contributed by atoms with Crippen LogP contribution in [-0.4, -0.2) is 18.4 Å². The maximum absolute atomic E-state index is 13.1. The van der Waals surface area contributed by atoms with E-state index < -0.39 is 17.6 Å². The summed E-state index contributed by atoms with van der Waals surface area (Å²) in [6, 6.07) is 7.56. The van der Waals surface area contributed by atoms with Gasteiger partial charge in [-0.2, -0.15) is 11.3 Å². The molecule has 1 saturated carbocycles. The summed E-state index contributed by atoms with van der Waals surface area (Å²) in [6.45, 7) is 0.444. The zero-order chi connectivity index (χ0) is 17.0. The number of hydrogen-bond donors (Lipinski definition) is 2.